The molecular weight excluding hydrogens is 322 g/mol. The van der Waals surface area contributed by atoms with Crippen molar-refractivity contribution in [3.63, 3.8) is 0 Å². The number of imidazole rings is 1. The molecule has 1 N–H and O–H groups in total. The van der Waals surface area contributed by atoms with Gasteiger partial charge in [0.1, 0.15) is 5.82 Å². The molecule has 0 spiro atoms. The zero-order valence-corrected chi connectivity index (χ0v) is 16.0. The molecule has 4 nitrogen and oxygen atoms in total. The number of nitrogens with zero attached hydrogens (tertiary/aromatic N) is 2. The van der Waals surface area contributed by atoms with Gasteiger partial charge in [-0.25, -0.2) is 4.98 Å². The number of aromatic nitrogens is 2. The number of fused-ring (bicyclic) bond motifs is 1. The molecule has 0 unspecified atom stereocenters. The maximum absolute atomic E-state index is 12.1. The van der Waals surface area contributed by atoms with Gasteiger partial charge in [0, 0.05) is 24.9 Å². The molecule has 1 aromatic heterocycles. The van der Waals surface area contributed by atoms with E-state index in [1.165, 1.54) is 11.1 Å². The van der Waals surface area contributed by atoms with Gasteiger partial charge >= 0.3 is 0 Å². The lowest BCUT2D eigenvalue weighted by atomic mass is 9.96. The first-order valence-electron chi connectivity index (χ1n) is 9.12. The third kappa shape index (κ3) is 4.13. The van der Waals surface area contributed by atoms with Gasteiger partial charge in [-0.05, 0) is 24.6 Å². The normalized spacial score (nSPS) is 11.7. The fourth-order valence-corrected chi connectivity index (χ4v) is 2.92. The summed E-state index contributed by atoms with van der Waals surface area (Å²) in [6.45, 7) is 9.25. The summed E-state index contributed by atoms with van der Waals surface area (Å²) in [5.41, 5.74) is 4.26. The van der Waals surface area contributed by atoms with Crippen LogP contribution in [0, 0.1) is 12.3 Å². The Labute approximate surface area is 155 Å². The van der Waals surface area contributed by atoms with Gasteiger partial charge in [0.25, 0.3) is 0 Å². The van der Waals surface area contributed by atoms with Crippen LogP contribution in [0.4, 0.5) is 0 Å². The number of hydrogen-bond acceptors (Lipinski definition) is 2. The van der Waals surface area contributed by atoms with Crippen molar-refractivity contribution >= 4 is 16.9 Å². The van der Waals surface area contributed by atoms with Crippen LogP contribution in [0.1, 0.15) is 37.7 Å². The van der Waals surface area contributed by atoms with Crippen LogP contribution in [0.5, 0.6) is 0 Å². The number of nitrogens with one attached hydrogen (secondary N) is 1. The van der Waals surface area contributed by atoms with Crippen molar-refractivity contribution in [2.45, 2.75) is 40.7 Å². The molecular formula is C22H27N3O. The van der Waals surface area contributed by atoms with Crippen molar-refractivity contribution in [3.05, 3.63) is 65.5 Å². The van der Waals surface area contributed by atoms with Crippen molar-refractivity contribution in [1.82, 2.24) is 14.9 Å². The lowest BCUT2D eigenvalue weighted by Gasteiger charge is -2.17. The summed E-state index contributed by atoms with van der Waals surface area (Å²) < 4.78 is 2.25. The Morgan fingerprint density at radius 2 is 1.77 bits per heavy atom. The molecule has 2 aromatic carbocycles. The van der Waals surface area contributed by atoms with Gasteiger partial charge in [-0.15, -0.1) is 0 Å². The van der Waals surface area contributed by atoms with E-state index in [0.29, 0.717) is 13.0 Å². The summed E-state index contributed by atoms with van der Waals surface area (Å²) in [6, 6.07) is 16.8. The molecule has 1 heterocycles. The standard InChI is InChI=1S/C22H27N3O/c1-16-9-11-17(12-10-16)15-25-19-8-6-5-7-18(19)24-20(25)13-14-23-21(26)22(2,3)4/h5-12H,13-15H2,1-4H3,(H,23,26). The Kier molecular flexibility index (Phi) is 5.12. The zero-order valence-electron chi connectivity index (χ0n) is 16.0. The summed E-state index contributed by atoms with van der Waals surface area (Å²) in [7, 11) is 0. The summed E-state index contributed by atoms with van der Waals surface area (Å²) in [6.07, 6.45) is 0.711. The molecule has 0 radical (unpaired) electrons. The van der Waals surface area contributed by atoms with E-state index in [0.717, 1.165) is 23.4 Å². The Bertz CT molecular complexity index is 901. The van der Waals surface area contributed by atoms with Gasteiger partial charge in [0.2, 0.25) is 5.91 Å². The van der Waals surface area contributed by atoms with E-state index in [1.54, 1.807) is 0 Å². The lowest BCUT2D eigenvalue weighted by Crippen LogP contribution is -2.36. The predicted octanol–water partition coefficient (Wildman–Crippen LogP) is 4.10. The number of amides is 1. The van der Waals surface area contributed by atoms with Crippen LogP contribution >= 0.6 is 0 Å². The van der Waals surface area contributed by atoms with Gasteiger partial charge in [-0.1, -0.05) is 62.7 Å². The Morgan fingerprint density at radius 1 is 1.08 bits per heavy atom. The van der Waals surface area contributed by atoms with Crippen LogP contribution in [-0.2, 0) is 17.8 Å². The molecule has 0 bridgehead atoms. The van der Waals surface area contributed by atoms with Crippen LogP contribution in [0.25, 0.3) is 11.0 Å². The second kappa shape index (κ2) is 7.32. The molecule has 0 aliphatic rings. The van der Waals surface area contributed by atoms with Crippen LogP contribution in [-0.4, -0.2) is 22.0 Å². The Balaban J connectivity index is 1.82. The molecule has 1 amide bonds. The second-order valence-corrected chi connectivity index (χ2v) is 7.84. The highest BCUT2D eigenvalue weighted by Gasteiger charge is 2.20. The topological polar surface area (TPSA) is 46.9 Å². The van der Waals surface area contributed by atoms with E-state index in [1.807, 2.05) is 39.0 Å². The maximum Gasteiger partial charge on any atom is 0.225 e. The largest absolute Gasteiger partial charge is 0.355 e. The van der Waals surface area contributed by atoms with Crippen LogP contribution in [0.3, 0.4) is 0 Å². The van der Waals surface area contributed by atoms with E-state index in [9.17, 15) is 4.79 Å². The number of rotatable bonds is 5. The highest BCUT2D eigenvalue weighted by atomic mass is 16.2. The molecule has 0 aliphatic carbocycles. The molecule has 26 heavy (non-hydrogen) atoms. The lowest BCUT2D eigenvalue weighted by molar-refractivity contribution is -0.128. The van der Waals surface area contributed by atoms with Crippen molar-refractivity contribution < 1.29 is 4.79 Å². The molecule has 136 valence electrons. The van der Waals surface area contributed by atoms with Crippen molar-refractivity contribution in [3.8, 4) is 0 Å². The van der Waals surface area contributed by atoms with E-state index in [2.05, 4.69) is 47.1 Å². The van der Waals surface area contributed by atoms with Crippen molar-refractivity contribution in [2.75, 3.05) is 6.54 Å². The average molecular weight is 349 g/mol. The minimum atomic E-state index is -0.373. The van der Waals surface area contributed by atoms with Crippen LogP contribution in [0.15, 0.2) is 48.5 Å². The highest BCUT2D eigenvalue weighted by Crippen LogP contribution is 2.19. The molecule has 0 saturated carbocycles. The van der Waals surface area contributed by atoms with E-state index in [4.69, 9.17) is 4.98 Å². The molecule has 3 rings (SSSR count). The number of carbonyl (C=O) groups excluding carboxylic acids is 1. The molecule has 0 aliphatic heterocycles. The van der Waals surface area contributed by atoms with Gasteiger partial charge in [-0.3, -0.25) is 4.79 Å². The fraction of sp³-hybridized carbons (Fsp3) is 0.364. The monoisotopic (exact) mass is 349 g/mol. The number of carbonyl (C=O) groups is 1. The number of aryl methyl sites for hydroxylation is 1. The average Bonchev–Trinajstić information content (AvgIpc) is 2.94. The number of hydrogen-bond donors (Lipinski definition) is 1. The first kappa shape index (κ1) is 18.2. The Hall–Kier alpha value is -2.62. The van der Waals surface area contributed by atoms with E-state index < -0.39 is 0 Å². The van der Waals surface area contributed by atoms with Gasteiger partial charge in [0.15, 0.2) is 0 Å². The first-order chi connectivity index (χ1) is 12.3. The number of para-hydroxylation sites is 2. The van der Waals surface area contributed by atoms with Gasteiger partial charge < -0.3 is 9.88 Å². The van der Waals surface area contributed by atoms with Gasteiger partial charge in [0.05, 0.1) is 11.0 Å². The minimum Gasteiger partial charge on any atom is -0.355 e. The van der Waals surface area contributed by atoms with E-state index >= 15 is 0 Å². The third-order valence-corrected chi connectivity index (χ3v) is 4.51. The molecule has 0 fully saturated rings. The summed E-state index contributed by atoms with van der Waals surface area (Å²) in [5.74, 6) is 1.07. The maximum atomic E-state index is 12.1. The smallest absolute Gasteiger partial charge is 0.225 e. The molecule has 3 aromatic rings. The van der Waals surface area contributed by atoms with Crippen LogP contribution < -0.4 is 5.32 Å². The second-order valence-electron chi connectivity index (χ2n) is 7.84. The Morgan fingerprint density at radius 3 is 2.46 bits per heavy atom. The highest BCUT2D eigenvalue weighted by molar-refractivity contribution is 5.81. The summed E-state index contributed by atoms with van der Waals surface area (Å²) in [4.78, 5) is 16.9. The summed E-state index contributed by atoms with van der Waals surface area (Å²) >= 11 is 0. The quantitative estimate of drug-likeness (QED) is 0.754. The van der Waals surface area contributed by atoms with Crippen LogP contribution in [0.2, 0.25) is 0 Å². The zero-order chi connectivity index (χ0) is 18.7. The third-order valence-electron chi connectivity index (χ3n) is 4.51. The van der Waals surface area contributed by atoms with Crippen molar-refractivity contribution in [2.24, 2.45) is 5.41 Å². The SMILES string of the molecule is Cc1ccc(Cn2c(CCNC(=O)C(C)(C)C)nc3ccccc32)cc1. The minimum absolute atomic E-state index is 0.0682. The molecule has 4 heteroatoms. The number of benzene rings is 2. The fourth-order valence-electron chi connectivity index (χ4n) is 2.92. The summed E-state index contributed by atoms with van der Waals surface area (Å²) in [5, 5.41) is 3.02. The van der Waals surface area contributed by atoms with E-state index in [-0.39, 0.29) is 11.3 Å². The van der Waals surface area contributed by atoms with Gasteiger partial charge in [-0.2, -0.15) is 0 Å². The van der Waals surface area contributed by atoms with Crippen molar-refractivity contribution in [1.29, 1.82) is 0 Å². The first-order valence-corrected chi connectivity index (χ1v) is 9.12. The molecule has 0 atom stereocenters. The molecule has 0 saturated heterocycles. The predicted molar refractivity (Wildman–Crippen MR) is 106 cm³/mol.